The summed E-state index contributed by atoms with van der Waals surface area (Å²) in [7, 11) is 0. The Morgan fingerprint density at radius 1 is 1.22 bits per heavy atom. The average molecular weight is 483 g/mol. The quantitative estimate of drug-likeness (QED) is 0.538. The Balaban J connectivity index is 0.000000451. The van der Waals surface area contributed by atoms with Crippen molar-refractivity contribution < 1.29 is 33.0 Å². The summed E-state index contributed by atoms with van der Waals surface area (Å²) in [5.41, 5.74) is 0.410. The van der Waals surface area contributed by atoms with E-state index in [0.29, 0.717) is 11.3 Å². The van der Waals surface area contributed by atoms with E-state index in [2.05, 4.69) is 20.2 Å². The molecular weight excluding hydrogens is 461 g/mol. The molecule has 1 saturated heterocycles. The highest BCUT2D eigenvalue weighted by molar-refractivity contribution is 6.28. The lowest BCUT2D eigenvalue weighted by atomic mass is 10.2. The topological polar surface area (TPSA) is 143 Å². The second kappa shape index (κ2) is 10.2. The highest BCUT2D eigenvalue weighted by Crippen LogP contribution is 2.28. The first-order valence-corrected chi connectivity index (χ1v) is 9.92. The van der Waals surface area contributed by atoms with Gasteiger partial charge < -0.3 is 20.4 Å². The van der Waals surface area contributed by atoms with E-state index >= 15 is 0 Å². The van der Waals surface area contributed by atoms with Gasteiger partial charge in [-0.25, -0.2) is 9.59 Å². The molecule has 1 atom stereocenters. The van der Waals surface area contributed by atoms with Crippen LogP contribution in [0.15, 0.2) is 4.79 Å². The molecule has 0 bridgehead atoms. The van der Waals surface area contributed by atoms with Gasteiger partial charge in [0.25, 0.3) is 0 Å². The van der Waals surface area contributed by atoms with Crippen LogP contribution >= 0.6 is 11.6 Å². The van der Waals surface area contributed by atoms with E-state index in [-0.39, 0.29) is 17.0 Å². The van der Waals surface area contributed by atoms with E-state index < -0.39 is 30.3 Å². The first-order chi connectivity index (χ1) is 14.9. The number of rotatable bonds is 5. The number of nitrogens with one attached hydrogen (secondary N) is 1. The largest absolute Gasteiger partial charge is 0.490 e. The molecule has 0 amide bonds. The van der Waals surface area contributed by atoms with Crippen molar-refractivity contribution in [3.8, 4) is 0 Å². The fraction of sp³-hybridized carbons (Fsp3) is 0.588. The first-order valence-electron chi connectivity index (χ1n) is 9.54. The molecule has 11 nitrogen and oxygen atoms in total. The third kappa shape index (κ3) is 5.68. The standard InChI is InChI=1S/C15H21ClN6O3.C2HF3O2/c1-3-9(2)22-11-12(20-6-4-17-5-7-20)18-14(16)19-13(11)21(15(22)25)8-10(23)24;3-2(4,5)1(6)7/h9,17H,3-8H2,1-2H3,(H,23,24);(H,6,7). The Morgan fingerprint density at radius 2 is 1.78 bits per heavy atom. The van der Waals surface area contributed by atoms with Crippen molar-refractivity contribution in [3.05, 3.63) is 15.8 Å². The van der Waals surface area contributed by atoms with Crippen LogP contribution in [0.3, 0.4) is 0 Å². The minimum Gasteiger partial charge on any atom is -0.480 e. The van der Waals surface area contributed by atoms with Crippen molar-refractivity contribution >= 4 is 40.5 Å². The van der Waals surface area contributed by atoms with Gasteiger partial charge in [0, 0.05) is 32.2 Å². The van der Waals surface area contributed by atoms with Gasteiger partial charge in [-0.3, -0.25) is 13.9 Å². The molecule has 0 spiro atoms. The van der Waals surface area contributed by atoms with Crippen LogP contribution in [-0.4, -0.2) is 73.6 Å². The number of halogens is 4. The fourth-order valence-electron chi connectivity index (χ4n) is 3.09. The number of nitrogens with zero attached hydrogens (tertiary/aromatic N) is 5. The van der Waals surface area contributed by atoms with Gasteiger partial charge in [0.15, 0.2) is 11.5 Å². The molecule has 2 aromatic rings. The summed E-state index contributed by atoms with van der Waals surface area (Å²) in [5, 5.41) is 19.6. The first kappa shape index (κ1) is 25.4. The Bertz CT molecular complexity index is 1050. The molecule has 15 heteroatoms. The number of carbonyl (C=O) groups is 2. The number of anilines is 1. The third-order valence-electron chi connectivity index (χ3n) is 4.74. The summed E-state index contributed by atoms with van der Waals surface area (Å²) in [6.45, 7) is 6.47. The van der Waals surface area contributed by atoms with E-state index in [1.165, 1.54) is 0 Å². The predicted molar refractivity (Wildman–Crippen MR) is 108 cm³/mol. The van der Waals surface area contributed by atoms with Gasteiger partial charge in [0.2, 0.25) is 5.28 Å². The van der Waals surface area contributed by atoms with Crippen molar-refractivity contribution in [2.24, 2.45) is 0 Å². The smallest absolute Gasteiger partial charge is 0.480 e. The Labute approximate surface area is 184 Å². The number of alkyl halides is 3. The van der Waals surface area contributed by atoms with Crippen molar-refractivity contribution in [3.63, 3.8) is 0 Å². The van der Waals surface area contributed by atoms with E-state index in [9.17, 15) is 27.9 Å². The van der Waals surface area contributed by atoms with E-state index in [1.807, 2.05) is 13.8 Å². The van der Waals surface area contributed by atoms with Gasteiger partial charge >= 0.3 is 23.8 Å². The van der Waals surface area contributed by atoms with Gasteiger partial charge in [-0.05, 0) is 24.9 Å². The molecule has 32 heavy (non-hydrogen) atoms. The lowest BCUT2D eigenvalue weighted by Gasteiger charge is -2.29. The molecular formula is C17H22ClF3N6O5. The van der Waals surface area contributed by atoms with Crippen molar-refractivity contribution in [2.75, 3.05) is 31.1 Å². The van der Waals surface area contributed by atoms with Crippen molar-refractivity contribution in [1.29, 1.82) is 0 Å². The molecule has 1 unspecified atom stereocenters. The van der Waals surface area contributed by atoms with Crippen molar-refractivity contribution in [1.82, 2.24) is 24.4 Å². The van der Waals surface area contributed by atoms with Crippen LogP contribution in [0.4, 0.5) is 19.0 Å². The summed E-state index contributed by atoms with van der Waals surface area (Å²) < 4.78 is 34.5. The Hall–Kier alpha value is -2.87. The van der Waals surface area contributed by atoms with Crippen LogP contribution in [0.1, 0.15) is 26.3 Å². The number of hydrogen-bond acceptors (Lipinski definition) is 7. The van der Waals surface area contributed by atoms with Crippen LogP contribution in [0.5, 0.6) is 0 Å². The molecule has 178 valence electrons. The van der Waals surface area contributed by atoms with Gasteiger partial charge in [-0.1, -0.05) is 6.92 Å². The summed E-state index contributed by atoms with van der Waals surface area (Å²) in [4.78, 5) is 43.6. The average Bonchev–Trinajstić information content (AvgIpc) is 2.98. The van der Waals surface area contributed by atoms with Gasteiger partial charge in [-0.2, -0.15) is 23.1 Å². The van der Waals surface area contributed by atoms with Crippen LogP contribution in [0.25, 0.3) is 11.2 Å². The minimum absolute atomic E-state index is 0.00136. The molecule has 3 heterocycles. The summed E-state index contributed by atoms with van der Waals surface area (Å²) >= 11 is 6.09. The van der Waals surface area contributed by atoms with Crippen molar-refractivity contribution in [2.45, 2.75) is 39.0 Å². The molecule has 3 rings (SSSR count). The number of hydrogen-bond donors (Lipinski definition) is 3. The minimum atomic E-state index is -5.08. The molecule has 0 radical (unpaired) electrons. The lowest BCUT2D eigenvalue weighted by molar-refractivity contribution is -0.192. The highest BCUT2D eigenvalue weighted by atomic mass is 35.5. The highest BCUT2D eigenvalue weighted by Gasteiger charge is 2.38. The zero-order valence-corrected chi connectivity index (χ0v) is 17.9. The number of carboxylic acids is 2. The number of fused-ring (bicyclic) bond motifs is 1. The van der Waals surface area contributed by atoms with Crippen LogP contribution < -0.4 is 15.9 Å². The fourth-order valence-corrected chi connectivity index (χ4v) is 3.25. The van der Waals surface area contributed by atoms with E-state index in [0.717, 1.165) is 37.2 Å². The molecule has 1 aliphatic rings. The number of aromatic nitrogens is 4. The number of imidazole rings is 1. The molecule has 3 N–H and O–H groups in total. The van der Waals surface area contributed by atoms with E-state index in [1.54, 1.807) is 4.57 Å². The van der Waals surface area contributed by atoms with E-state index in [4.69, 9.17) is 21.5 Å². The summed E-state index contributed by atoms with van der Waals surface area (Å²) in [6, 6.07) is -0.114. The molecule has 0 saturated carbocycles. The zero-order chi connectivity index (χ0) is 24.2. The van der Waals surface area contributed by atoms with Gasteiger partial charge in [-0.15, -0.1) is 0 Å². The number of aliphatic carboxylic acids is 2. The SMILES string of the molecule is CCC(C)n1c(=O)n(CC(=O)O)c2nc(Cl)nc(N3CCNCC3)c21.O=C(O)C(F)(F)F. The second-order valence-corrected chi connectivity index (χ2v) is 7.26. The number of carboxylic acid groups (broad SMARTS) is 2. The monoisotopic (exact) mass is 482 g/mol. The van der Waals surface area contributed by atoms with Crippen LogP contribution in [0, 0.1) is 0 Å². The molecule has 1 fully saturated rings. The summed E-state index contributed by atoms with van der Waals surface area (Å²) in [5.74, 6) is -3.28. The number of piperazine rings is 1. The van der Waals surface area contributed by atoms with Gasteiger partial charge in [0.05, 0.1) is 0 Å². The molecule has 0 aromatic carbocycles. The normalized spacial score (nSPS) is 15.2. The maximum absolute atomic E-state index is 12.9. The second-order valence-electron chi connectivity index (χ2n) is 6.92. The maximum atomic E-state index is 12.9. The molecule has 0 aliphatic carbocycles. The summed E-state index contributed by atoms with van der Waals surface area (Å²) in [6.07, 6.45) is -4.37. The van der Waals surface area contributed by atoms with Crippen LogP contribution in [-0.2, 0) is 16.1 Å². The van der Waals surface area contributed by atoms with Crippen LogP contribution in [0.2, 0.25) is 5.28 Å². The zero-order valence-electron chi connectivity index (χ0n) is 17.2. The third-order valence-corrected chi connectivity index (χ3v) is 4.91. The van der Waals surface area contributed by atoms with Gasteiger partial charge in [0.1, 0.15) is 12.1 Å². The molecule has 1 aliphatic heterocycles. The molecule has 2 aromatic heterocycles. The predicted octanol–water partition coefficient (Wildman–Crippen LogP) is 1.34. The Morgan fingerprint density at radius 3 is 2.25 bits per heavy atom. The maximum Gasteiger partial charge on any atom is 0.490 e. The Kier molecular flexibility index (Phi) is 8.07. The lowest BCUT2D eigenvalue weighted by Crippen LogP contribution is -2.44.